The third-order valence-electron chi connectivity index (χ3n) is 5.62. The second-order valence-electron chi connectivity index (χ2n) is 7.84. The molecule has 27 heavy (non-hydrogen) atoms. The van der Waals surface area contributed by atoms with Gasteiger partial charge in [-0.05, 0) is 43.9 Å². The summed E-state index contributed by atoms with van der Waals surface area (Å²) in [6.45, 7) is 4.13. The summed E-state index contributed by atoms with van der Waals surface area (Å²) in [6, 6.07) is 12.4. The second kappa shape index (κ2) is 7.55. The Morgan fingerprint density at radius 1 is 1.11 bits per heavy atom. The Kier molecular flexibility index (Phi) is 4.97. The number of anilines is 1. The van der Waals surface area contributed by atoms with Crippen molar-refractivity contribution in [3.8, 4) is 11.3 Å². The normalized spacial score (nSPS) is 14.7. The summed E-state index contributed by atoms with van der Waals surface area (Å²) >= 11 is 0. The van der Waals surface area contributed by atoms with Gasteiger partial charge in [0, 0.05) is 18.2 Å². The third-order valence-corrected chi connectivity index (χ3v) is 5.62. The van der Waals surface area contributed by atoms with Crippen LogP contribution < -0.4 is 5.32 Å². The summed E-state index contributed by atoms with van der Waals surface area (Å²) in [7, 11) is 0. The molecule has 0 spiro atoms. The lowest BCUT2D eigenvalue weighted by Gasteiger charge is -2.10. The lowest BCUT2D eigenvalue weighted by Crippen LogP contribution is -2.14. The van der Waals surface area contributed by atoms with Gasteiger partial charge in [0.15, 0.2) is 0 Å². The van der Waals surface area contributed by atoms with E-state index in [9.17, 15) is 4.79 Å². The number of nitrogens with one attached hydrogen (secondary N) is 1. The number of benzene rings is 1. The Hall–Kier alpha value is -2.62. The van der Waals surface area contributed by atoms with Gasteiger partial charge < -0.3 is 5.32 Å². The van der Waals surface area contributed by atoms with Crippen molar-refractivity contribution >= 4 is 17.4 Å². The lowest BCUT2D eigenvalue weighted by atomic mass is 10.0. The topological polar surface area (TPSA) is 46.4 Å². The van der Waals surface area contributed by atoms with Gasteiger partial charge in [-0.3, -0.25) is 9.20 Å². The van der Waals surface area contributed by atoms with Crippen LogP contribution in [0.5, 0.6) is 0 Å². The first-order valence-corrected chi connectivity index (χ1v) is 9.96. The molecule has 2 heterocycles. The average molecular weight is 361 g/mol. The van der Waals surface area contributed by atoms with Crippen LogP contribution in [0.15, 0.2) is 42.6 Å². The molecule has 1 aliphatic rings. The molecule has 1 saturated carbocycles. The van der Waals surface area contributed by atoms with Gasteiger partial charge in [0.25, 0.3) is 0 Å². The first kappa shape index (κ1) is 17.8. The zero-order valence-electron chi connectivity index (χ0n) is 16.2. The molecule has 4 rings (SSSR count). The van der Waals surface area contributed by atoms with Crippen molar-refractivity contribution in [2.24, 2.45) is 5.92 Å². The smallest absolute Gasteiger partial charge is 0.225 e. The lowest BCUT2D eigenvalue weighted by molar-refractivity contribution is -0.116. The molecule has 1 aliphatic carbocycles. The van der Waals surface area contributed by atoms with E-state index in [1.54, 1.807) is 0 Å². The molecule has 1 N–H and O–H groups in total. The number of hydrogen-bond donors (Lipinski definition) is 1. The van der Waals surface area contributed by atoms with Gasteiger partial charge in [-0.1, -0.05) is 55.5 Å². The number of imidazole rings is 1. The maximum absolute atomic E-state index is 12.7. The number of carbonyl (C=O) groups excluding carboxylic acids is 1. The fraction of sp³-hybridized carbons (Fsp3) is 0.391. The van der Waals surface area contributed by atoms with E-state index in [0.717, 1.165) is 40.6 Å². The van der Waals surface area contributed by atoms with Gasteiger partial charge in [-0.2, -0.15) is 0 Å². The number of nitrogens with zero attached hydrogens (tertiary/aromatic N) is 2. The molecule has 0 unspecified atom stereocenters. The molecule has 3 aromatic rings. The minimum absolute atomic E-state index is 0.0811. The number of hydrogen-bond acceptors (Lipinski definition) is 2. The Bertz CT molecular complexity index is 950. The fourth-order valence-electron chi connectivity index (χ4n) is 4.01. The van der Waals surface area contributed by atoms with Gasteiger partial charge in [-0.25, -0.2) is 4.98 Å². The molecular weight excluding hydrogens is 334 g/mol. The highest BCUT2D eigenvalue weighted by atomic mass is 16.1. The molecule has 1 amide bonds. The molecule has 0 aliphatic heterocycles. The highest BCUT2D eigenvalue weighted by molar-refractivity contribution is 5.94. The van der Waals surface area contributed by atoms with E-state index in [-0.39, 0.29) is 5.91 Å². The van der Waals surface area contributed by atoms with Gasteiger partial charge in [0.05, 0.1) is 0 Å². The Balaban J connectivity index is 1.63. The predicted molar refractivity (Wildman–Crippen MR) is 110 cm³/mol. The monoisotopic (exact) mass is 361 g/mol. The predicted octanol–water partition coefficient (Wildman–Crippen LogP) is 5.53. The summed E-state index contributed by atoms with van der Waals surface area (Å²) in [5.41, 5.74) is 5.07. The number of carbonyl (C=O) groups is 1. The van der Waals surface area contributed by atoms with Crippen LogP contribution in [0.1, 0.15) is 49.7 Å². The van der Waals surface area contributed by atoms with Crippen molar-refractivity contribution < 1.29 is 4.79 Å². The van der Waals surface area contributed by atoms with E-state index < -0.39 is 0 Å². The Labute approximate surface area is 160 Å². The van der Waals surface area contributed by atoms with E-state index in [0.29, 0.717) is 6.42 Å². The van der Waals surface area contributed by atoms with Gasteiger partial charge in [0.2, 0.25) is 5.91 Å². The minimum Gasteiger partial charge on any atom is -0.310 e. The van der Waals surface area contributed by atoms with E-state index in [2.05, 4.69) is 43.4 Å². The largest absolute Gasteiger partial charge is 0.310 e. The molecule has 0 atom stereocenters. The van der Waals surface area contributed by atoms with E-state index in [4.69, 9.17) is 4.98 Å². The highest BCUT2D eigenvalue weighted by Gasteiger charge is 2.19. The van der Waals surface area contributed by atoms with Gasteiger partial charge in [0.1, 0.15) is 17.2 Å². The molecule has 0 radical (unpaired) electrons. The van der Waals surface area contributed by atoms with Gasteiger partial charge in [-0.15, -0.1) is 0 Å². The third kappa shape index (κ3) is 3.90. The maximum Gasteiger partial charge on any atom is 0.225 e. The number of pyridine rings is 1. The summed E-state index contributed by atoms with van der Waals surface area (Å²) in [5.74, 6) is 1.57. The van der Waals surface area contributed by atoms with Crippen LogP contribution in [0.25, 0.3) is 16.9 Å². The van der Waals surface area contributed by atoms with Crippen molar-refractivity contribution in [3.05, 3.63) is 53.7 Å². The number of aryl methyl sites for hydroxylation is 2. The molecule has 140 valence electrons. The summed E-state index contributed by atoms with van der Waals surface area (Å²) in [4.78, 5) is 17.5. The summed E-state index contributed by atoms with van der Waals surface area (Å²) < 4.78 is 1.98. The van der Waals surface area contributed by atoms with Crippen molar-refractivity contribution in [3.63, 3.8) is 0 Å². The molecule has 2 aromatic heterocycles. The quantitative estimate of drug-likeness (QED) is 0.650. The molecule has 4 nitrogen and oxygen atoms in total. The van der Waals surface area contributed by atoms with Crippen molar-refractivity contribution in [1.82, 2.24) is 9.38 Å². The Morgan fingerprint density at radius 3 is 2.59 bits per heavy atom. The van der Waals surface area contributed by atoms with E-state index >= 15 is 0 Å². The van der Waals surface area contributed by atoms with Crippen LogP contribution in [0.4, 0.5) is 5.82 Å². The number of amides is 1. The minimum atomic E-state index is 0.0811. The number of fused-ring (bicyclic) bond motifs is 1. The van der Waals surface area contributed by atoms with Crippen LogP contribution in [-0.2, 0) is 4.79 Å². The van der Waals surface area contributed by atoms with E-state index in [1.807, 2.05) is 22.7 Å². The molecule has 0 saturated heterocycles. The van der Waals surface area contributed by atoms with Crippen LogP contribution in [0.2, 0.25) is 0 Å². The van der Waals surface area contributed by atoms with Crippen LogP contribution in [-0.4, -0.2) is 15.3 Å². The zero-order chi connectivity index (χ0) is 18.8. The Morgan fingerprint density at radius 2 is 1.85 bits per heavy atom. The summed E-state index contributed by atoms with van der Waals surface area (Å²) in [5, 5.41) is 3.15. The maximum atomic E-state index is 12.7. The van der Waals surface area contributed by atoms with Crippen molar-refractivity contribution in [2.45, 2.75) is 52.4 Å². The van der Waals surface area contributed by atoms with Crippen LogP contribution in [0, 0.1) is 19.8 Å². The second-order valence-corrected chi connectivity index (χ2v) is 7.84. The molecule has 4 heteroatoms. The molecule has 0 bridgehead atoms. The summed E-state index contributed by atoms with van der Waals surface area (Å²) in [6.07, 6.45) is 8.74. The fourth-order valence-corrected chi connectivity index (χ4v) is 4.01. The first-order chi connectivity index (χ1) is 13.1. The van der Waals surface area contributed by atoms with Crippen LogP contribution in [0.3, 0.4) is 0 Å². The van der Waals surface area contributed by atoms with Gasteiger partial charge >= 0.3 is 0 Å². The molecular formula is C23H27N3O. The average Bonchev–Trinajstić information content (AvgIpc) is 3.29. The van der Waals surface area contributed by atoms with Crippen molar-refractivity contribution in [1.29, 1.82) is 0 Å². The SMILES string of the molecule is Cc1ccc(-c2nc3cc(C)ccn3c2NC(=O)CCC2CCCC2)cc1. The highest BCUT2D eigenvalue weighted by Crippen LogP contribution is 2.31. The van der Waals surface area contributed by atoms with Crippen LogP contribution >= 0.6 is 0 Å². The zero-order valence-corrected chi connectivity index (χ0v) is 16.2. The van der Waals surface area contributed by atoms with Crippen molar-refractivity contribution in [2.75, 3.05) is 5.32 Å². The first-order valence-electron chi connectivity index (χ1n) is 9.96. The number of rotatable bonds is 5. The standard InChI is InChI=1S/C23H27N3O/c1-16-7-10-19(11-8-16)22-23(26-14-13-17(2)15-20(26)24-22)25-21(27)12-9-18-5-3-4-6-18/h7-8,10-11,13-15,18H,3-6,9,12H2,1-2H3,(H,25,27). The molecule has 1 aromatic carbocycles. The number of aromatic nitrogens is 2. The van der Waals surface area contributed by atoms with E-state index in [1.165, 1.54) is 31.2 Å². The molecule has 1 fully saturated rings.